The number of benzene rings is 2. The molecule has 1 heterocycles. The standard InChI is InChI=1S/C18H19ClN2O/c1-12(22)14-5-8-17-15(9-14)11-21(2)18(10-20-17)13-3-6-16(19)7-4-13/h3-9,18,20H,10-11H2,1-2H3. The van der Waals surface area contributed by atoms with Gasteiger partial charge in [0.2, 0.25) is 0 Å². The lowest BCUT2D eigenvalue weighted by Gasteiger charge is -2.26. The summed E-state index contributed by atoms with van der Waals surface area (Å²) in [7, 11) is 2.11. The van der Waals surface area contributed by atoms with Crippen molar-refractivity contribution in [3.05, 3.63) is 64.2 Å². The fourth-order valence-corrected chi connectivity index (χ4v) is 3.04. The van der Waals surface area contributed by atoms with Crippen molar-refractivity contribution in [3.8, 4) is 0 Å². The third kappa shape index (κ3) is 3.01. The maximum Gasteiger partial charge on any atom is 0.159 e. The van der Waals surface area contributed by atoms with Crippen LogP contribution in [0.25, 0.3) is 0 Å². The summed E-state index contributed by atoms with van der Waals surface area (Å²) >= 11 is 5.98. The summed E-state index contributed by atoms with van der Waals surface area (Å²) < 4.78 is 0. The Morgan fingerprint density at radius 3 is 2.64 bits per heavy atom. The highest BCUT2D eigenvalue weighted by atomic mass is 35.5. The first-order valence-corrected chi connectivity index (χ1v) is 7.76. The summed E-state index contributed by atoms with van der Waals surface area (Å²) in [6, 6.07) is 14.1. The zero-order chi connectivity index (χ0) is 15.7. The fraction of sp³-hybridized carbons (Fsp3) is 0.278. The summed E-state index contributed by atoms with van der Waals surface area (Å²) in [4.78, 5) is 13.9. The normalized spacial score (nSPS) is 18.2. The van der Waals surface area contributed by atoms with Crippen LogP contribution in [0.3, 0.4) is 0 Å². The third-order valence-corrected chi connectivity index (χ3v) is 4.46. The van der Waals surface area contributed by atoms with Crippen LogP contribution in [-0.2, 0) is 6.54 Å². The molecule has 0 saturated heterocycles. The third-order valence-electron chi connectivity index (χ3n) is 4.20. The van der Waals surface area contributed by atoms with E-state index in [9.17, 15) is 4.79 Å². The molecule has 2 aromatic carbocycles. The van der Waals surface area contributed by atoms with Crippen molar-refractivity contribution in [2.24, 2.45) is 0 Å². The summed E-state index contributed by atoms with van der Waals surface area (Å²) in [6.45, 7) is 3.23. The predicted molar refractivity (Wildman–Crippen MR) is 90.6 cm³/mol. The molecule has 1 N–H and O–H groups in total. The molecule has 1 unspecified atom stereocenters. The van der Waals surface area contributed by atoms with Gasteiger partial charge in [0.1, 0.15) is 0 Å². The van der Waals surface area contributed by atoms with Crippen molar-refractivity contribution in [1.82, 2.24) is 4.90 Å². The lowest BCUT2D eigenvalue weighted by Crippen LogP contribution is -2.26. The zero-order valence-electron chi connectivity index (χ0n) is 12.8. The number of hydrogen-bond acceptors (Lipinski definition) is 3. The first-order valence-electron chi connectivity index (χ1n) is 7.38. The van der Waals surface area contributed by atoms with Gasteiger partial charge in [-0.3, -0.25) is 9.69 Å². The van der Waals surface area contributed by atoms with E-state index in [1.54, 1.807) is 6.92 Å². The minimum absolute atomic E-state index is 0.101. The molecule has 0 bridgehead atoms. The fourth-order valence-electron chi connectivity index (χ4n) is 2.91. The lowest BCUT2D eigenvalue weighted by atomic mass is 10.0. The van der Waals surface area contributed by atoms with E-state index in [0.29, 0.717) is 0 Å². The number of halogens is 1. The van der Waals surface area contributed by atoms with Crippen molar-refractivity contribution in [3.63, 3.8) is 0 Å². The second-order valence-electron chi connectivity index (χ2n) is 5.79. The molecule has 3 nitrogen and oxygen atoms in total. The number of Topliss-reactive ketones (excluding diaryl/α,β-unsaturated/α-hetero) is 1. The molecule has 0 amide bonds. The molecule has 0 aliphatic carbocycles. The lowest BCUT2D eigenvalue weighted by molar-refractivity contribution is 0.101. The van der Waals surface area contributed by atoms with Crippen LogP contribution in [0.4, 0.5) is 5.69 Å². The van der Waals surface area contributed by atoms with Gasteiger partial charge in [0.15, 0.2) is 5.78 Å². The first-order chi connectivity index (χ1) is 10.5. The number of nitrogens with one attached hydrogen (secondary N) is 1. The molecule has 0 spiro atoms. The monoisotopic (exact) mass is 314 g/mol. The Hall–Kier alpha value is -1.84. The van der Waals surface area contributed by atoms with Gasteiger partial charge in [-0.2, -0.15) is 0 Å². The number of anilines is 1. The van der Waals surface area contributed by atoms with E-state index in [0.717, 1.165) is 34.9 Å². The molecule has 114 valence electrons. The molecule has 2 aromatic rings. The van der Waals surface area contributed by atoms with Gasteiger partial charge in [-0.15, -0.1) is 0 Å². The van der Waals surface area contributed by atoms with Gasteiger partial charge in [0.05, 0.1) is 6.04 Å². The number of carbonyl (C=O) groups is 1. The van der Waals surface area contributed by atoms with Crippen LogP contribution >= 0.6 is 11.6 Å². The maximum absolute atomic E-state index is 11.6. The van der Waals surface area contributed by atoms with E-state index >= 15 is 0 Å². The Bertz CT molecular complexity index is 697. The Morgan fingerprint density at radius 1 is 1.23 bits per heavy atom. The molecule has 22 heavy (non-hydrogen) atoms. The number of ketones is 1. The van der Waals surface area contributed by atoms with E-state index in [4.69, 9.17) is 11.6 Å². The molecule has 0 radical (unpaired) electrons. The van der Waals surface area contributed by atoms with E-state index in [-0.39, 0.29) is 11.8 Å². The second kappa shape index (κ2) is 6.11. The molecule has 4 heteroatoms. The predicted octanol–water partition coefficient (Wildman–Crippen LogP) is 4.14. The number of hydrogen-bond donors (Lipinski definition) is 1. The number of likely N-dealkylation sites (N-methyl/N-ethyl adjacent to an activating group) is 1. The van der Waals surface area contributed by atoms with Crippen LogP contribution in [0.15, 0.2) is 42.5 Å². The Morgan fingerprint density at radius 2 is 1.95 bits per heavy atom. The number of nitrogens with zero attached hydrogens (tertiary/aromatic N) is 1. The van der Waals surface area contributed by atoms with Crippen molar-refractivity contribution in [1.29, 1.82) is 0 Å². The SMILES string of the molecule is CC(=O)c1ccc2c(c1)CN(C)C(c1ccc(Cl)cc1)CN2. The van der Waals surface area contributed by atoms with Crippen molar-refractivity contribution >= 4 is 23.1 Å². The van der Waals surface area contributed by atoms with Gasteiger partial charge in [0.25, 0.3) is 0 Å². The highest BCUT2D eigenvalue weighted by Gasteiger charge is 2.22. The van der Waals surface area contributed by atoms with E-state index in [2.05, 4.69) is 29.4 Å². The van der Waals surface area contributed by atoms with Crippen molar-refractivity contribution in [2.75, 3.05) is 18.9 Å². The smallest absolute Gasteiger partial charge is 0.159 e. The number of rotatable bonds is 2. The molecule has 3 rings (SSSR count). The summed E-state index contributed by atoms with van der Waals surface area (Å²) in [6.07, 6.45) is 0. The molecular weight excluding hydrogens is 296 g/mol. The van der Waals surface area contributed by atoms with Crippen molar-refractivity contribution in [2.45, 2.75) is 19.5 Å². The Kier molecular flexibility index (Phi) is 4.19. The van der Waals surface area contributed by atoms with Crippen LogP contribution in [0.5, 0.6) is 0 Å². The van der Waals surface area contributed by atoms with Gasteiger partial charge >= 0.3 is 0 Å². The average Bonchev–Trinajstić information content (AvgIpc) is 2.66. The number of fused-ring (bicyclic) bond motifs is 1. The zero-order valence-corrected chi connectivity index (χ0v) is 13.5. The van der Waals surface area contributed by atoms with E-state index < -0.39 is 0 Å². The molecule has 0 fully saturated rings. The minimum Gasteiger partial charge on any atom is -0.383 e. The first kappa shape index (κ1) is 15.1. The van der Waals surface area contributed by atoms with Crippen LogP contribution in [-0.4, -0.2) is 24.3 Å². The molecule has 0 aromatic heterocycles. The highest BCUT2D eigenvalue weighted by molar-refractivity contribution is 6.30. The van der Waals surface area contributed by atoms with Crippen LogP contribution in [0.2, 0.25) is 5.02 Å². The Balaban J connectivity index is 1.89. The van der Waals surface area contributed by atoms with Gasteiger partial charge < -0.3 is 5.32 Å². The summed E-state index contributed by atoms with van der Waals surface area (Å²) in [5.74, 6) is 0.101. The van der Waals surface area contributed by atoms with Gasteiger partial charge in [-0.1, -0.05) is 23.7 Å². The minimum atomic E-state index is 0.101. The van der Waals surface area contributed by atoms with Crippen LogP contribution < -0.4 is 5.32 Å². The Labute approximate surface area is 135 Å². The van der Waals surface area contributed by atoms with Gasteiger partial charge in [0, 0.05) is 29.4 Å². The average molecular weight is 315 g/mol. The number of carbonyl (C=O) groups excluding carboxylic acids is 1. The second-order valence-corrected chi connectivity index (χ2v) is 6.23. The molecular formula is C18H19ClN2O. The quantitative estimate of drug-likeness (QED) is 0.845. The summed E-state index contributed by atoms with van der Waals surface area (Å²) in [5, 5.41) is 4.25. The maximum atomic E-state index is 11.6. The topological polar surface area (TPSA) is 32.3 Å². The van der Waals surface area contributed by atoms with Gasteiger partial charge in [-0.25, -0.2) is 0 Å². The highest BCUT2D eigenvalue weighted by Crippen LogP contribution is 2.30. The molecule has 1 aliphatic heterocycles. The van der Waals surface area contributed by atoms with Crippen LogP contribution in [0, 0.1) is 0 Å². The van der Waals surface area contributed by atoms with E-state index in [1.807, 2.05) is 30.3 Å². The van der Waals surface area contributed by atoms with Crippen molar-refractivity contribution < 1.29 is 4.79 Å². The van der Waals surface area contributed by atoms with Gasteiger partial charge in [-0.05, 0) is 55.4 Å². The summed E-state index contributed by atoms with van der Waals surface area (Å²) in [5.41, 5.74) is 4.26. The molecule has 1 atom stereocenters. The molecule has 1 aliphatic rings. The van der Waals surface area contributed by atoms with Crippen LogP contribution in [0.1, 0.15) is 34.5 Å². The largest absolute Gasteiger partial charge is 0.383 e. The van der Waals surface area contributed by atoms with E-state index in [1.165, 1.54) is 5.56 Å². The molecule has 0 saturated carbocycles.